The van der Waals surface area contributed by atoms with E-state index >= 15 is 0 Å². The van der Waals surface area contributed by atoms with E-state index in [0.717, 1.165) is 11.3 Å². The Kier molecular flexibility index (Phi) is 5.49. The number of pyridine rings is 1. The van der Waals surface area contributed by atoms with Crippen LogP contribution >= 0.6 is 11.6 Å². The van der Waals surface area contributed by atoms with Crippen molar-refractivity contribution in [3.63, 3.8) is 0 Å². The molecule has 8 heteroatoms. The lowest BCUT2D eigenvalue weighted by Gasteiger charge is -2.13. The highest BCUT2D eigenvalue weighted by molar-refractivity contribution is 6.30. The van der Waals surface area contributed by atoms with Gasteiger partial charge in [0.1, 0.15) is 11.9 Å². The van der Waals surface area contributed by atoms with Crippen molar-refractivity contribution in [3.05, 3.63) is 100 Å². The van der Waals surface area contributed by atoms with E-state index in [0.29, 0.717) is 29.1 Å². The first-order valence-corrected chi connectivity index (χ1v) is 9.18. The summed E-state index contributed by atoms with van der Waals surface area (Å²) in [5.74, 6) is 1.50. The van der Waals surface area contributed by atoms with Crippen LogP contribution in [0.4, 0.5) is 11.6 Å². The average molecular weight is 406 g/mol. The van der Waals surface area contributed by atoms with Crippen LogP contribution in [0.5, 0.6) is 11.6 Å². The molecule has 29 heavy (non-hydrogen) atoms. The molecule has 144 valence electrons. The third-order valence-corrected chi connectivity index (χ3v) is 4.24. The zero-order valence-electron chi connectivity index (χ0n) is 15.2. The van der Waals surface area contributed by atoms with Gasteiger partial charge in [-0.15, -0.1) is 0 Å². The molecule has 1 N–H and O–H groups in total. The van der Waals surface area contributed by atoms with Crippen molar-refractivity contribution >= 4 is 23.2 Å². The summed E-state index contributed by atoms with van der Waals surface area (Å²) in [6, 6.07) is 20.1. The van der Waals surface area contributed by atoms with E-state index in [4.69, 9.17) is 16.3 Å². The lowest BCUT2D eigenvalue weighted by Crippen LogP contribution is -2.19. The molecular weight excluding hydrogens is 390 g/mol. The van der Waals surface area contributed by atoms with Crippen molar-refractivity contribution < 1.29 is 4.74 Å². The predicted molar refractivity (Wildman–Crippen MR) is 111 cm³/mol. The fourth-order valence-electron chi connectivity index (χ4n) is 2.60. The third kappa shape index (κ3) is 4.97. The summed E-state index contributed by atoms with van der Waals surface area (Å²) >= 11 is 5.94. The van der Waals surface area contributed by atoms with Crippen LogP contribution in [-0.2, 0) is 6.54 Å². The molecule has 4 aromatic rings. The van der Waals surface area contributed by atoms with Gasteiger partial charge >= 0.3 is 0 Å². The highest BCUT2D eigenvalue weighted by atomic mass is 35.5. The molecule has 2 aromatic carbocycles. The number of benzene rings is 2. The molecule has 0 bridgehead atoms. The van der Waals surface area contributed by atoms with E-state index in [2.05, 4.69) is 20.4 Å². The SMILES string of the molecule is O=c1cnn(Cc2ccc(Cl)cc2)c(Nc2ccc(Oc3ccccn3)cc2)n1. The zero-order chi connectivity index (χ0) is 20.1. The largest absolute Gasteiger partial charge is 0.439 e. The molecular formula is C21H16ClN5O2. The summed E-state index contributed by atoms with van der Waals surface area (Å²) in [5, 5.41) is 7.97. The van der Waals surface area contributed by atoms with Crippen LogP contribution in [0.1, 0.15) is 5.56 Å². The molecule has 0 amide bonds. The second-order valence-corrected chi connectivity index (χ2v) is 6.56. The van der Waals surface area contributed by atoms with Gasteiger partial charge in [-0.2, -0.15) is 10.1 Å². The molecule has 0 saturated carbocycles. The normalized spacial score (nSPS) is 10.5. The lowest BCUT2D eigenvalue weighted by atomic mass is 10.2. The number of anilines is 2. The molecule has 2 heterocycles. The Balaban J connectivity index is 1.52. The van der Waals surface area contributed by atoms with Crippen molar-refractivity contribution in [1.29, 1.82) is 0 Å². The highest BCUT2D eigenvalue weighted by Gasteiger charge is 2.07. The van der Waals surface area contributed by atoms with Crippen molar-refractivity contribution in [1.82, 2.24) is 19.7 Å². The number of nitrogens with zero attached hydrogens (tertiary/aromatic N) is 4. The maximum absolute atomic E-state index is 11.7. The summed E-state index contributed by atoms with van der Waals surface area (Å²) in [6.07, 6.45) is 2.85. The molecule has 0 aliphatic heterocycles. The average Bonchev–Trinajstić information content (AvgIpc) is 2.74. The maximum atomic E-state index is 11.7. The van der Waals surface area contributed by atoms with Crippen LogP contribution in [0.15, 0.2) is 83.9 Å². The van der Waals surface area contributed by atoms with E-state index in [9.17, 15) is 4.79 Å². The maximum Gasteiger partial charge on any atom is 0.293 e. The van der Waals surface area contributed by atoms with Crippen LogP contribution in [-0.4, -0.2) is 19.7 Å². The number of hydrogen-bond donors (Lipinski definition) is 1. The quantitative estimate of drug-likeness (QED) is 0.516. The van der Waals surface area contributed by atoms with Crippen molar-refractivity contribution in [2.24, 2.45) is 0 Å². The van der Waals surface area contributed by atoms with Gasteiger partial charge < -0.3 is 10.1 Å². The number of hydrogen-bond acceptors (Lipinski definition) is 6. The van der Waals surface area contributed by atoms with Crippen LogP contribution in [0.2, 0.25) is 5.02 Å². The van der Waals surface area contributed by atoms with Gasteiger partial charge in [0.05, 0.1) is 6.54 Å². The third-order valence-electron chi connectivity index (χ3n) is 3.98. The summed E-state index contributed by atoms with van der Waals surface area (Å²) in [4.78, 5) is 19.9. The first-order chi connectivity index (χ1) is 14.2. The summed E-state index contributed by atoms with van der Waals surface area (Å²) in [5.41, 5.74) is 1.30. The Hall–Kier alpha value is -3.71. The van der Waals surface area contributed by atoms with Crippen LogP contribution in [0.25, 0.3) is 0 Å². The minimum absolute atomic E-state index is 0.339. The molecule has 0 fully saturated rings. The van der Waals surface area contributed by atoms with Gasteiger partial charge in [0, 0.05) is 23.0 Å². The van der Waals surface area contributed by atoms with Gasteiger partial charge in [-0.3, -0.25) is 4.79 Å². The Labute approximate surface area is 171 Å². The number of nitrogens with one attached hydrogen (secondary N) is 1. The van der Waals surface area contributed by atoms with Gasteiger partial charge in [0.25, 0.3) is 5.56 Å². The second kappa shape index (κ2) is 8.53. The van der Waals surface area contributed by atoms with Gasteiger partial charge in [0.2, 0.25) is 11.8 Å². The number of rotatable bonds is 6. The summed E-state index contributed by atoms with van der Waals surface area (Å²) in [7, 11) is 0. The molecule has 0 unspecified atom stereocenters. The van der Waals surface area contributed by atoms with E-state index in [1.165, 1.54) is 6.20 Å². The molecule has 4 rings (SSSR count). The van der Waals surface area contributed by atoms with E-state index in [1.807, 2.05) is 36.4 Å². The van der Waals surface area contributed by atoms with Crippen molar-refractivity contribution in [2.45, 2.75) is 6.54 Å². The summed E-state index contributed by atoms with van der Waals surface area (Å²) in [6.45, 7) is 0.438. The van der Waals surface area contributed by atoms with E-state index in [-0.39, 0.29) is 0 Å². The van der Waals surface area contributed by atoms with Crippen LogP contribution in [0.3, 0.4) is 0 Å². The Morgan fingerprint density at radius 1 is 1.00 bits per heavy atom. The minimum atomic E-state index is -0.421. The molecule has 7 nitrogen and oxygen atoms in total. The smallest absolute Gasteiger partial charge is 0.293 e. The zero-order valence-corrected chi connectivity index (χ0v) is 16.0. The fourth-order valence-corrected chi connectivity index (χ4v) is 2.73. The van der Waals surface area contributed by atoms with Gasteiger partial charge in [-0.25, -0.2) is 9.67 Å². The van der Waals surface area contributed by atoms with Crippen molar-refractivity contribution in [2.75, 3.05) is 5.32 Å². The van der Waals surface area contributed by atoms with E-state index in [1.54, 1.807) is 41.2 Å². The van der Waals surface area contributed by atoms with Gasteiger partial charge in [0.15, 0.2) is 0 Å². The molecule has 0 atom stereocenters. The second-order valence-electron chi connectivity index (χ2n) is 6.12. The molecule has 0 radical (unpaired) electrons. The van der Waals surface area contributed by atoms with Crippen LogP contribution < -0.4 is 15.6 Å². The van der Waals surface area contributed by atoms with Gasteiger partial charge in [-0.05, 0) is 48.0 Å². The predicted octanol–water partition coefficient (Wildman–Crippen LogP) is 4.27. The molecule has 0 aliphatic rings. The number of ether oxygens (including phenoxy) is 1. The van der Waals surface area contributed by atoms with E-state index < -0.39 is 5.56 Å². The number of halogens is 1. The first-order valence-electron chi connectivity index (χ1n) is 8.80. The molecule has 0 aliphatic carbocycles. The molecule has 0 saturated heterocycles. The number of aromatic nitrogens is 4. The van der Waals surface area contributed by atoms with Crippen LogP contribution in [0, 0.1) is 0 Å². The van der Waals surface area contributed by atoms with Crippen molar-refractivity contribution in [3.8, 4) is 11.6 Å². The first kappa shape index (κ1) is 18.6. The Morgan fingerprint density at radius 3 is 2.52 bits per heavy atom. The fraction of sp³-hybridized carbons (Fsp3) is 0.0476. The Bertz CT molecular complexity index is 1150. The molecule has 2 aromatic heterocycles. The highest BCUT2D eigenvalue weighted by Crippen LogP contribution is 2.22. The topological polar surface area (TPSA) is 81.9 Å². The lowest BCUT2D eigenvalue weighted by molar-refractivity contribution is 0.463. The van der Waals surface area contributed by atoms with Gasteiger partial charge in [-0.1, -0.05) is 29.8 Å². The Morgan fingerprint density at radius 2 is 1.79 bits per heavy atom. The monoisotopic (exact) mass is 405 g/mol. The summed E-state index contributed by atoms with van der Waals surface area (Å²) < 4.78 is 7.30. The molecule has 0 spiro atoms. The standard InChI is InChI=1S/C21H16ClN5O2/c22-16-6-4-15(5-7-16)14-27-21(26-19(28)13-24-27)25-17-8-10-18(11-9-17)29-20-3-1-2-12-23-20/h1-13H,14H2,(H,25,26,28). The minimum Gasteiger partial charge on any atom is -0.439 e.